The molecule has 0 radical (unpaired) electrons. The summed E-state index contributed by atoms with van der Waals surface area (Å²) < 4.78 is 5.49. The highest BCUT2D eigenvalue weighted by molar-refractivity contribution is 5.76. The van der Waals surface area contributed by atoms with E-state index in [0.717, 1.165) is 44.9 Å². The molecular weight excluding hydrogens is 803 g/mol. The first-order valence-electron chi connectivity index (χ1n) is 29.1. The molecule has 0 rings (SSSR count). The van der Waals surface area contributed by atoms with E-state index >= 15 is 0 Å². The minimum atomic E-state index is -0.846. The fraction of sp³-hybridized carbons (Fsp3) is 0.898. The largest absolute Gasteiger partial charge is 0.466 e. The molecule has 0 aromatic carbocycles. The third-order valence-corrected chi connectivity index (χ3v) is 13.5. The average molecular weight is 917 g/mol. The molecule has 0 saturated carbocycles. The van der Waals surface area contributed by atoms with Crippen LogP contribution >= 0.6 is 0 Å². The van der Waals surface area contributed by atoms with E-state index in [1.54, 1.807) is 6.08 Å². The van der Waals surface area contributed by atoms with Crippen molar-refractivity contribution in [1.82, 2.24) is 5.32 Å². The molecule has 2 unspecified atom stereocenters. The molecule has 0 heterocycles. The fourth-order valence-electron chi connectivity index (χ4n) is 8.98. The lowest BCUT2D eigenvalue weighted by Crippen LogP contribution is -2.45. The molecule has 0 fully saturated rings. The van der Waals surface area contributed by atoms with E-state index in [2.05, 4.69) is 31.3 Å². The number of unbranched alkanes of at least 4 members (excludes halogenated alkanes) is 41. The van der Waals surface area contributed by atoms with Gasteiger partial charge in [-0.2, -0.15) is 0 Å². The van der Waals surface area contributed by atoms with E-state index in [9.17, 15) is 19.8 Å². The number of aliphatic hydroxyl groups excluding tert-OH is 2. The van der Waals surface area contributed by atoms with Crippen molar-refractivity contribution in [3.63, 3.8) is 0 Å². The zero-order valence-electron chi connectivity index (χ0n) is 43.7. The molecule has 0 aliphatic carbocycles. The Balaban J connectivity index is 3.40. The molecule has 1 amide bonds. The van der Waals surface area contributed by atoms with E-state index in [-0.39, 0.29) is 18.5 Å². The Hall–Kier alpha value is -1.66. The Kier molecular flexibility index (Phi) is 53.5. The Morgan fingerprint density at radius 3 is 1.09 bits per heavy atom. The van der Waals surface area contributed by atoms with Gasteiger partial charge in [0.05, 0.1) is 25.4 Å². The first-order chi connectivity index (χ1) is 32.0. The van der Waals surface area contributed by atoms with Crippen molar-refractivity contribution in [3.8, 4) is 0 Å². The van der Waals surface area contributed by atoms with Gasteiger partial charge in [-0.3, -0.25) is 9.59 Å². The molecule has 0 spiro atoms. The maximum atomic E-state index is 12.4. The molecule has 0 aromatic heterocycles. The van der Waals surface area contributed by atoms with Gasteiger partial charge in [0, 0.05) is 12.8 Å². The molecule has 2 atom stereocenters. The first kappa shape index (κ1) is 63.3. The summed E-state index contributed by atoms with van der Waals surface area (Å²) in [5.41, 5.74) is 0. The lowest BCUT2D eigenvalue weighted by Gasteiger charge is -2.20. The smallest absolute Gasteiger partial charge is 0.305 e. The molecule has 3 N–H and O–H groups in total. The summed E-state index contributed by atoms with van der Waals surface area (Å²) >= 11 is 0. The van der Waals surface area contributed by atoms with E-state index in [4.69, 9.17) is 4.74 Å². The third kappa shape index (κ3) is 51.6. The van der Waals surface area contributed by atoms with Crippen molar-refractivity contribution in [1.29, 1.82) is 0 Å². The van der Waals surface area contributed by atoms with Crippen molar-refractivity contribution in [2.45, 2.75) is 328 Å². The van der Waals surface area contributed by atoms with Crippen molar-refractivity contribution in [2.24, 2.45) is 0 Å². The molecule has 6 heteroatoms. The molecule has 0 aliphatic heterocycles. The predicted octanol–water partition coefficient (Wildman–Crippen LogP) is 17.9. The maximum absolute atomic E-state index is 12.4. The number of rotatable bonds is 54. The van der Waals surface area contributed by atoms with Crippen LogP contribution in [0.2, 0.25) is 0 Å². The highest BCUT2D eigenvalue weighted by Gasteiger charge is 2.18. The van der Waals surface area contributed by atoms with E-state index in [0.29, 0.717) is 19.4 Å². The van der Waals surface area contributed by atoms with Gasteiger partial charge in [-0.15, -0.1) is 0 Å². The number of amides is 1. The standard InChI is InChI=1S/C59H113NO5/c1-3-5-7-9-11-13-15-17-18-19-23-26-29-33-37-41-45-49-53-59(64)65-54-50-46-42-38-34-30-27-24-21-20-22-25-28-32-36-40-44-48-52-58(63)60-56(55-61)57(62)51-47-43-39-35-31-16-14-12-10-8-6-4-2/h18-19,47,51,56-57,61-62H,3-17,20-46,48-50,52-55H2,1-2H3,(H,60,63)/b19-18-,51-47+. The zero-order valence-corrected chi connectivity index (χ0v) is 43.7. The summed E-state index contributed by atoms with van der Waals surface area (Å²) in [4.78, 5) is 24.5. The summed E-state index contributed by atoms with van der Waals surface area (Å²) in [5.74, 6) is -0.0685. The number of carbonyl (C=O) groups is 2. The van der Waals surface area contributed by atoms with Crippen LogP contribution in [0.1, 0.15) is 316 Å². The Bertz CT molecular complexity index is 1010. The topological polar surface area (TPSA) is 95.9 Å². The van der Waals surface area contributed by atoms with Crippen LogP contribution in [0.15, 0.2) is 24.3 Å². The SMILES string of the molecule is CCCCCCCCC/C=C\CCCCCCCCCC(=O)OCCCCCCCCCCCCCCCCCCCCC(=O)NC(CO)C(O)/C=C/CCCCCCCCCCCC. The van der Waals surface area contributed by atoms with E-state index < -0.39 is 12.1 Å². The van der Waals surface area contributed by atoms with Crippen LogP contribution < -0.4 is 5.32 Å². The number of nitrogens with one attached hydrogen (secondary N) is 1. The van der Waals surface area contributed by atoms with Gasteiger partial charge in [-0.1, -0.05) is 269 Å². The third-order valence-electron chi connectivity index (χ3n) is 13.5. The highest BCUT2D eigenvalue weighted by atomic mass is 16.5. The van der Waals surface area contributed by atoms with Crippen molar-refractivity contribution < 1.29 is 24.5 Å². The molecule has 0 saturated heterocycles. The van der Waals surface area contributed by atoms with E-state index in [1.807, 2.05) is 6.08 Å². The van der Waals surface area contributed by atoms with Crippen molar-refractivity contribution in [3.05, 3.63) is 24.3 Å². The van der Waals surface area contributed by atoms with Gasteiger partial charge >= 0.3 is 5.97 Å². The van der Waals surface area contributed by atoms with Gasteiger partial charge in [-0.25, -0.2) is 0 Å². The van der Waals surface area contributed by atoms with Crippen molar-refractivity contribution in [2.75, 3.05) is 13.2 Å². The van der Waals surface area contributed by atoms with Gasteiger partial charge in [-0.05, 0) is 57.8 Å². The first-order valence-corrected chi connectivity index (χ1v) is 29.1. The van der Waals surface area contributed by atoms with Gasteiger partial charge in [0.15, 0.2) is 0 Å². The van der Waals surface area contributed by atoms with Crippen LogP contribution in [-0.2, 0) is 14.3 Å². The monoisotopic (exact) mass is 916 g/mol. The highest BCUT2D eigenvalue weighted by Crippen LogP contribution is 2.17. The number of hydrogen-bond donors (Lipinski definition) is 3. The number of carbonyl (C=O) groups excluding carboxylic acids is 2. The normalized spacial score (nSPS) is 12.7. The number of allylic oxidation sites excluding steroid dienone is 3. The summed E-state index contributed by atoms with van der Waals surface area (Å²) in [5, 5.41) is 23.0. The number of hydrogen-bond acceptors (Lipinski definition) is 5. The fourth-order valence-corrected chi connectivity index (χ4v) is 8.98. The second-order valence-corrected chi connectivity index (χ2v) is 20.0. The lowest BCUT2D eigenvalue weighted by atomic mass is 10.0. The summed E-state index contributed by atoms with van der Waals surface area (Å²) in [7, 11) is 0. The van der Waals surface area contributed by atoms with Gasteiger partial charge in [0.1, 0.15) is 0 Å². The number of ether oxygens (including phenoxy) is 1. The Morgan fingerprint density at radius 1 is 0.415 bits per heavy atom. The summed E-state index contributed by atoms with van der Waals surface area (Å²) in [6, 6.07) is -0.630. The van der Waals surface area contributed by atoms with Crippen LogP contribution in [0.25, 0.3) is 0 Å². The number of aliphatic hydroxyl groups is 2. The Morgan fingerprint density at radius 2 is 0.723 bits per heavy atom. The molecule has 384 valence electrons. The minimum absolute atomic E-state index is 0.00363. The quantitative estimate of drug-likeness (QED) is 0.0321. The predicted molar refractivity (Wildman–Crippen MR) is 283 cm³/mol. The van der Waals surface area contributed by atoms with Gasteiger partial charge in [0.25, 0.3) is 0 Å². The molecule has 0 aromatic rings. The van der Waals surface area contributed by atoms with Gasteiger partial charge in [0.2, 0.25) is 5.91 Å². The maximum Gasteiger partial charge on any atom is 0.305 e. The van der Waals surface area contributed by atoms with Crippen LogP contribution in [-0.4, -0.2) is 47.4 Å². The lowest BCUT2D eigenvalue weighted by molar-refractivity contribution is -0.143. The van der Waals surface area contributed by atoms with Crippen LogP contribution in [0.3, 0.4) is 0 Å². The number of esters is 1. The van der Waals surface area contributed by atoms with Gasteiger partial charge < -0.3 is 20.3 Å². The second-order valence-electron chi connectivity index (χ2n) is 20.0. The molecule has 6 nitrogen and oxygen atoms in total. The minimum Gasteiger partial charge on any atom is -0.466 e. The van der Waals surface area contributed by atoms with Crippen LogP contribution in [0, 0.1) is 0 Å². The zero-order chi connectivity index (χ0) is 47.2. The molecule has 0 aliphatic rings. The molecule has 65 heavy (non-hydrogen) atoms. The summed E-state index contributed by atoms with van der Waals surface area (Å²) in [6.45, 7) is 4.89. The molecule has 0 bridgehead atoms. The van der Waals surface area contributed by atoms with Crippen LogP contribution in [0.4, 0.5) is 0 Å². The molecular formula is C59H113NO5. The second kappa shape index (κ2) is 54.9. The van der Waals surface area contributed by atoms with E-state index in [1.165, 1.54) is 244 Å². The average Bonchev–Trinajstić information content (AvgIpc) is 3.31. The Labute approximate surface area is 405 Å². The van der Waals surface area contributed by atoms with Crippen LogP contribution in [0.5, 0.6) is 0 Å². The van der Waals surface area contributed by atoms with Crippen molar-refractivity contribution >= 4 is 11.9 Å². The summed E-state index contributed by atoms with van der Waals surface area (Å²) in [6.07, 6.45) is 66.3.